The van der Waals surface area contributed by atoms with Crippen molar-refractivity contribution in [3.05, 3.63) is 63.0 Å². The summed E-state index contributed by atoms with van der Waals surface area (Å²) in [7, 11) is 0. The number of cyclic esters (lactones) is 1. The van der Waals surface area contributed by atoms with Crippen molar-refractivity contribution in [2.45, 2.75) is 18.9 Å². The molecule has 2 aromatic carbocycles. The van der Waals surface area contributed by atoms with Crippen LogP contribution in [-0.2, 0) is 16.0 Å². The molecule has 0 aromatic heterocycles. The van der Waals surface area contributed by atoms with Crippen molar-refractivity contribution in [3.63, 3.8) is 0 Å². The molecule has 23 heavy (non-hydrogen) atoms. The summed E-state index contributed by atoms with van der Waals surface area (Å²) in [6.45, 7) is 1.53. The zero-order valence-corrected chi connectivity index (χ0v) is 14.4. The number of carbonyl (C=O) groups is 2. The summed E-state index contributed by atoms with van der Waals surface area (Å²) in [6, 6.07) is 11.1. The molecule has 0 radical (unpaired) electrons. The number of benzene rings is 2. The highest BCUT2D eigenvalue weighted by molar-refractivity contribution is 14.1. The van der Waals surface area contributed by atoms with Gasteiger partial charge in [-0.2, -0.15) is 0 Å². The lowest BCUT2D eigenvalue weighted by Gasteiger charge is -2.33. The van der Waals surface area contributed by atoms with E-state index < -0.39 is 23.3 Å². The Morgan fingerprint density at radius 2 is 1.96 bits per heavy atom. The van der Waals surface area contributed by atoms with Crippen molar-refractivity contribution in [1.29, 1.82) is 0 Å². The first-order valence-corrected chi connectivity index (χ1v) is 8.04. The van der Waals surface area contributed by atoms with Crippen molar-refractivity contribution in [2.75, 3.05) is 5.32 Å². The molecule has 1 N–H and O–H groups in total. The molecular formula is C17H13FINO3. The topological polar surface area (TPSA) is 55.4 Å². The largest absolute Gasteiger partial charge is 0.445 e. The molecule has 2 aromatic rings. The maximum Gasteiger partial charge on any atom is 0.339 e. The number of fused-ring (bicyclic) bond motifs is 1. The van der Waals surface area contributed by atoms with E-state index in [1.54, 1.807) is 12.1 Å². The van der Waals surface area contributed by atoms with Crippen molar-refractivity contribution in [3.8, 4) is 0 Å². The van der Waals surface area contributed by atoms with E-state index in [0.717, 1.165) is 3.57 Å². The first kappa shape index (κ1) is 15.9. The van der Waals surface area contributed by atoms with Gasteiger partial charge in [0.25, 0.3) is 5.91 Å². The molecule has 1 amide bonds. The number of hydrogen-bond donors (Lipinski definition) is 1. The average Bonchev–Trinajstić information content (AvgIpc) is 2.48. The van der Waals surface area contributed by atoms with Crippen molar-refractivity contribution in [1.82, 2.24) is 0 Å². The second-order valence-corrected chi connectivity index (χ2v) is 6.81. The van der Waals surface area contributed by atoms with Gasteiger partial charge in [-0.3, -0.25) is 4.79 Å². The van der Waals surface area contributed by atoms with Gasteiger partial charge in [-0.15, -0.1) is 0 Å². The molecular weight excluding hydrogens is 412 g/mol. The fraction of sp³-hybridized carbons (Fsp3) is 0.176. The van der Waals surface area contributed by atoms with Gasteiger partial charge < -0.3 is 10.1 Å². The van der Waals surface area contributed by atoms with Crippen LogP contribution in [0.25, 0.3) is 0 Å². The highest BCUT2D eigenvalue weighted by Crippen LogP contribution is 2.30. The number of nitrogens with one attached hydrogen (secondary N) is 1. The van der Waals surface area contributed by atoms with E-state index in [0.29, 0.717) is 16.8 Å². The number of carbonyl (C=O) groups excluding carboxylic acids is 2. The first-order chi connectivity index (χ1) is 10.9. The summed E-state index contributed by atoms with van der Waals surface area (Å²) in [5.74, 6) is -1.51. The van der Waals surface area contributed by atoms with Crippen LogP contribution in [0, 0.1) is 9.39 Å². The fourth-order valence-electron chi connectivity index (χ4n) is 2.49. The third-order valence-electron chi connectivity index (χ3n) is 3.72. The van der Waals surface area contributed by atoms with Crippen LogP contribution in [-0.4, -0.2) is 17.5 Å². The van der Waals surface area contributed by atoms with Crippen LogP contribution in [0.5, 0.6) is 0 Å². The van der Waals surface area contributed by atoms with Crippen molar-refractivity contribution < 1.29 is 18.7 Å². The van der Waals surface area contributed by atoms with E-state index in [-0.39, 0.29) is 6.42 Å². The molecule has 1 aliphatic rings. The standard InChI is InChI=1S/C17H13FINO3/c1-17(16(22)20-13-5-3-12(19)4-6-13)9-10-8-11(18)2-7-14(10)15(21)23-17/h2-8H,9H2,1H3,(H,20,22). The summed E-state index contributed by atoms with van der Waals surface area (Å²) in [5.41, 5.74) is 0.00566. The van der Waals surface area contributed by atoms with Gasteiger partial charge in [0, 0.05) is 15.7 Å². The SMILES string of the molecule is CC1(C(=O)Nc2ccc(I)cc2)Cc2cc(F)ccc2C(=O)O1. The van der Waals surface area contributed by atoms with Gasteiger partial charge in [-0.05, 0) is 77.5 Å². The van der Waals surface area contributed by atoms with Crippen LogP contribution in [0.1, 0.15) is 22.8 Å². The molecule has 0 aliphatic carbocycles. The number of anilines is 1. The smallest absolute Gasteiger partial charge is 0.339 e. The van der Waals surface area contributed by atoms with E-state index in [2.05, 4.69) is 27.9 Å². The molecule has 0 spiro atoms. The molecule has 3 rings (SSSR count). The zero-order valence-electron chi connectivity index (χ0n) is 12.2. The summed E-state index contributed by atoms with van der Waals surface area (Å²) >= 11 is 2.16. The molecule has 1 heterocycles. The molecule has 0 saturated carbocycles. The molecule has 1 aliphatic heterocycles. The number of halogens is 2. The van der Waals surface area contributed by atoms with Gasteiger partial charge in [0.2, 0.25) is 0 Å². The van der Waals surface area contributed by atoms with Crippen LogP contribution in [0.4, 0.5) is 10.1 Å². The maximum absolute atomic E-state index is 13.4. The zero-order chi connectivity index (χ0) is 16.6. The Morgan fingerprint density at radius 3 is 2.65 bits per heavy atom. The number of amides is 1. The third kappa shape index (κ3) is 3.21. The minimum atomic E-state index is -1.37. The highest BCUT2D eigenvalue weighted by atomic mass is 127. The minimum absolute atomic E-state index is 0.127. The van der Waals surface area contributed by atoms with Gasteiger partial charge in [0.05, 0.1) is 5.56 Å². The molecule has 0 bridgehead atoms. The Labute approximate surface area is 146 Å². The second kappa shape index (κ2) is 5.92. The predicted molar refractivity (Wildman–Crippen MR) is 91.7 cm³/mol. The lowest BCUT2D eigenvalue weighted by molar-refractivity contribution is -0.134. The Hall–Kier alpha value is -1.96. The summed E-state index contributed by atoms with van der Waals surface area (Å²) < 4.78 is 19.8. The lowest BCUT2D eigenvalue weighted by atomic mass is 9.89. The number of ether oxygens (including phenoxy) is 1. The molecule has 118 valence electrons. The fourth-order valence-corrected chi connectivity index (χ4v) is 2.85. The summed E-state index contributed by atoms with van der Waals surface area (Å²) in [6.07, 6.45) is 0.127. The quantitative estimate of drug-likeness (QED) is 0.592. The van der Waals surface area contributed by atoms with Gasteiger partial charge in [-0.25, -0.2) is 9.18 Å². The van der Waals surface area contributed by atoms with E-state index in [1.165, 1.54) is 25.1 Å². The van der Waals surface area contributed by atoms with E-state index in [1.807, 2.05) is 12.1 Å². The molecule has 0 saturated heterocycles. The number of esters is 1. The molecule has 1 unspecified atom stereocenters. The van der Waals surface area contributed by atoms with E-state index in [4.69, 9.17) is 4.74 Å². The molecule has 0 fully saturated rings. The van der Waals surface area contributed by atoms with Crippen LogP contribution in [0.3, 0.4) is 0 Å². The lowest BCUT2D eigenvalue weighted by Crippen LogP contribution is -2.48. The number of rotatable bonds is 2. The van der Waals surface area contributed by atoms with E-state index in [9.17, 15) is 14.0 Å². The monoisotopic (exact) mass is 425 g/mol. The molecule has 1 atom stereocenters. The average molecular weight is 425 g/mol. The second-order valence-electron chi connectivity index (χ2n) is 5.56. The van der Waals surface area contributed by atoms with E-state index >= 15 is 0 Å². The Morgan fingerprint density at radius 1 is 1.26 bits per heavy atom. The molecule has 6 heteroatoms. The van der Waals surface area contributed by atoms with Gasteiger partial charge >= 0.3 is 5.97 Å². The Bertz CT molecular complexity index is 791. The molecule has 4 nitrogen and oxygen atoms in total. The summed E-state index contributed by atoms with van der Waals surface area (Å²) in [4.78, 5) is 24.6. The van der Waals surface area contributed by atoms with Crippen LogP contribution in [0.15, 0.2) is 42.5 Å². The van der Waals surface area contributed by atoms with Crippen LogP contribution in [0.2, 0.25) is 0 Å². The third-order valence-corrected chi connectivity index (χ3v) is 4.43. The Kier molecular flexibility index (Phi) is 4.09. The first-order valence-electron chi connectivity index (χ1n) is 6.96. The van der Waals surface area contributed by atoms with Gasteiger partial charge in [0.1, 0.15) is 5.82 Å². The highest BCUT2D eigenvalue weighted by Gasteiger charge is 2.42. The number of hydrogen-bond acceptors (Lipinski definition) is 3. The Balaban J connectivity index is 1.85. The minimum Gasteiger partial charge on any atom is -0.445 e. The van der Waals surface area contributed by atoms with Gasteiger partial charge in [0.15, 0.2) is 5.60 Å². The predicted octanol–water partition coefficient (Wildman–Crippen LogP) is 3.54. The van der Waals surface area contributed by atoms with Crippen LogP contribution < -0.4 is 5.32 Å². The van der Waals surface area contributed by atoms with Crippen molar-refractivity contribution in [2.24, 2.45) is 0 Å². The normalized spacial score (nSPS) is 19.7. The van der Waals surface area contributed by atoms with Crippen LogP contribution >= 0.6 is 22.6 Å². The van der Waals surface area contributed by atoms with Gasteiger partial charge in [-0.1, -0.05) is 0 Å². The maximum atomic E-state index is 13.4. The summed E-state index contributed by atoms with van der Waals surface area (Å²) in [5, 5.41) is 2.73. The van der Waals surface area contributed by atoms with Crippen molar-refractivity contribution >= 4 is 40.2 Å².